The van der Waals surface area contributed by atoms with Gasteiger partial charge in [-0.15, -0.1) is 11.3 Å². The molecule has 1 amide bonds. The lowest BCUT2D eigenvalue weighted by Gasteiger charge is -2.22. The average molecular weight is 309 g/mol. The molecule has 6 nitrogen and oxygen atoms in total. The molecular weight excluding hydrogens is 290 g/mol. The molecular formula is C14H19N3O3S. The van der Waals surface area contributed by atoms with Gasteiger partial charge in [0.2, 0.25) is 5.91 Å². The summed E-state index contributed by atoms with van der Waals surface area (Å²) in [5.41, 5.74) is 1.75. The Bertz CT molecular complexity index is 660. The summed E-state index contributed by atoms with van der Waals surface area (Å²) in [7, 11) is 0. The second kappa shape index (κ2) is 6.26. The van der Waals surface area contributed by atoms with E-state index in [4.69, 9.17) is 5.11 Å². The highest BCUT2D eigenvalue weighted by atomic mass is 32.1. The summed E-state index contributed by atoms with van der Waals surface area (Å²) < 4.78 is 1.90. The van der Waals surface area contributed by atoms with E-state index in [9.17, 15) is 9.59 Å². The maximum Gasteiger partial charge on any atom is 0.323 e. The maximum absolute atomic E-state index is 12.4. The molecule has 0 fully saturated rings. The summed E-state index contributed by atoms with van der Waals surface area (Å²) in [5.74, 6) is -0.929. The van der Waals surface area contributed by atoms with Crippen molar-refractivity contribution in [1.82, 2.24) is 14.3 Å². The van der Waals surface area contributed by atoms with E-state index in [-0.39, 0.29) is 24.8 Å². The number of carbonyl (C=O) groups excluding carboxylic acids is 1. The van der Waals surface area contributed by atoms with Gasteiger partial charge in [-0.2, -0.15) is 0 Å². The number of aromatic nitrogens is 2. The number of carbonyl (C=O) groups is 2. The molecule has 0 aliphatic rings. The zero-order valence-corrected chi connectivity index (χ0v) is 13.2. The molecule has 0 radical (unpaired) electrons. The number of carboxylic acid groups (broad SMARTS) is 1. The average Bonchev–Trinajstić information content (AvgIpc) is 2.88. The summed E-state index contributed by atoms with van der Waals surface area (Å²) >= 11 is 1.48. The van der Waals surface area contributed by atoms with Crippen LogP contribution in [0.15, 0.2) is 11.6 Å². The van der Waals surface area contributed by atoms with Crippen LogP contribution in [0.1, 0.15) is 25.2 Å². The van der Waals surface area contributed by atoms with Crippen molar-refractivity contribution in [3.8, 4) is 0 Å². The predicted octanol–water partition coefficient (Wildman–Crippen LogP) is 1.82. The SMILES string of the molecule is Cc1cn2c(CC(=O)N(CC(=O)O)CC(C)C)csc2n1. The van der Waals surface area contributed by atoms with Crippen LogP contribution in [0.25, 0.3) is 4.96 Å². The number of amides is 1. The highest BCUT2D eigenvalue weighted by Crippen LogP contribution is 2.17. The van der Waals surface area contributed by atoms with Gasteiger partial charge in [-0.1, -0.05) is 13.8 Å². The van der Waals surface area contributed by atoms with Crippen molar-refractivity contribution in [3.63, 3.8) is 0 Å². The Morgan fingerprint density at radius 3 is 2.81 bits per heavy atom. The first kappa shape index (κ1) is 15.5. The number of aryl methyl sites for hydroxylation is 1. The van der Waals surface area contributed by atoms with Gasteiger partial charge in [0.15, 0.2) is 4.96 Å². The van der Waals surface area contributed by atoms with Crippen LogP contribution in [0.3, 0.4) is 0 Å². The Balaban J connectivity index is 2.15. The van der Waals surface area contributed by atoms with Crippen molar-refractivity contribution < 1.29 is 14.7 Å². The summed E-state index contributed by atoms with van der Waals surface area (Å²) in [6.07, 6.45) is 2.08. The van der Waals surface area contributed by atoms with Crippen molar-refractivity contribution >= 4 is 28.2 Å². The second-order valence-corrected chi connectivity index (χ2v) is 6.34. The van der Waals surface area contributed by atoms with E-state index in [1.54, 1.807) is 0 Å². The third kappa shape index (κ3) is 3.81. The highest BCUT2D eigenvalue weighted by Gasteiger charge is 2.20. The molecule has 21 heavy (non-hydrogen) atoms. The maximum atomic E-state index is 12.4. The van der Waals surface area contributed by atoms with Gasteiger partial charge >= 0.3 is 5.97 Å². The van der Waals surface area contributed by atoms with Gasteiger partial charge in [0.05, 0.1) is 12.1 Å². The normalized spacial score (nSPS) is 11.2. The van der Waals surface area contributed by atoms with E-state index in [1.165, 1.54) is 16.2 Å². The summed E-state index contributed by atoms with van der Waals surface area (Å²) in [5, 5.41) is 10.8. The minimum Gasteiger partial charge on any atom is -0.480 e. The minimum absolute atomic E-state index is 0.169. The number of aliphatic carboxylic acids is 1. The molecule has 2 aromatic rings. The van der Waals surface area contributed by atoms with E-state index in [0.717, 1.165) is 16.3 Å². The Morgan fingerprint density at radius 1 is 1.48 bits per heavy atom. The Morgan fingerprint density at radius 2 is 2.19 bits per heavy atom. The molecule has 0 spiro atoms. The van der Waals surface area contributed by atoms with Gasteiger partial charge in [0, 0.05) is 23.8 Å². The molecule has 0 saturated carbocycles. The van der Waals surface area contributed by atoms with Gasteiger partial charge in [-0.3, -0.25) is 14.0 Å². The first-order valence-corrected chi connectivity index (χ1v) is 7.66. The van der Waals surface area contributed by atoms with Crippen LogP contribution < -0.4 is 0 Å². The van der Waals surface area contributed by atoms with Crippen molar-refractivity contribution in [1.29, 1.82) is 0 Å². The van der Waals surface area contributed by atoms with E-state index in [1.807, 2.05) is 36.7 Å². The number of nitrogens with zero attached hydrogens (tertiary/aromatic N) is 3. The molecule has 0 aliphatic heterocycles. The van der Waals surface area contributed by atoms with Crippen LogP contribution in [0.2, 0.25) is 0 Å². The predicted molar refractivity (Wildman–Crippen MR) is 80.6 cm³/mol. The summed E-state index contributed by atoms with van der Waals surface area (Å²) in [6, 6.07) is 0. The number of imidazole rings is 1. The molecule has 0 saturated heterocycles. The first-order chi connectivity index (χ1) is 9.86. The van der Waals surface area contributed by atoms with Gasteiger partial charge < -0.3 is 10.0 Å². The molecule has 2 heterocycles. The topological polar surface area (TPSA) is 74.9 Å². The second-order valence-electron chi connectivity index (χ2n) is 5.50. The fourth-order valence-corrected chi connectivity index (χ4v) is 3.11. The van der Waals surface area contributed by atoms with Crippen LogP contribution in [0.5, 0.6) is 0 Å². The molecule has 0 aromatic carbocycles. The number of rotatable bonds is 6. The lowest BCUT2D eigenvalue weighted by atomic mass is 10.2. The van der Waals surface area contributed by atoms with Crippen molar-refractivity contribution in [2.75, 3.05) is 13.1 Å². The Hall–Kier alpha value is -1.89. The van der Waals surface area contributed by atoms with Crippen molar-refractivity contribution in [2.45, 2.75) is 27.2 Å². The minimum atomic E-state index is -0.988. The summed E-state index contributed by atoms with van der Waals surface area (Å²) in [4.78, 5) is 29.9. The smallest absolute Gasteiger partial charge is 0.323 e. The summed E-state index contributed by atoms with van der Waals surface area (Å²) in [6.45, 7) is 6.02. The molecule has 0 aliphatic carbocycles. The monoisotopic (exact) mass is 309 g/mol. The molecule has 0 atom stereocenters. The van der Waals surface area contributed by atoms with Gasteiger partial charge in [-0.25, -0.2) is 4.98 Å². The van der Waals surface area contributed by atoms with Crippen LogP contribution in [0.4, 0.5) is 0 Å². The molecule has 2 rings (SSSR count). The van der Waals surface area contributed by atoms with E-state index < -0.39 is 5.97 Å². The number of thiazole rings is 1. The van der Waals surface area contributed by atoms with Crippen LogP contribution >= 0.6 is 11.3 Å². The molecule has 0 unspecified atom stereocenters. The largest absolute Gasteiger partial charge is 0.480 e. The molecule has 1 N–H and O–H groups in total. The van der Waals surface area contributed by atoms with Crippen LogP contribution in [0, 0.1) is 12.8 Å². The van der Waals surface area contributed by atoms with Crippen molar-refractivity contribution in [3.05, 3.63) is 23.0 Å². The number of hydrogen-bond donors (Lipinski definition) is 1. The highest BCUT2D eigenvalue weighted by molar-refractivity contribution is 7.15. The molecule has 7 heteroatoms. The fourth-order valence-electron chi connectivity index (χ4n) is 2.19. The van der Waals surface area contributed by atoms with Gasteiger partial charge in [0.25, 0.3) is 0 Å². The van der Waals surface area contributed by atoms with Gasteiger partial charge in [-0.05, 0) is 12.8 Å². The Labute approximate surface area is 127 Å². The van der Waals surface area contributed by atoms with Crippen LogP contribution in [-0.4, -0.2) is 44.4 Å². The van der Waals surface area contributed by atoms with E-state index in [2.05, 4.69) is 4.98 Å². The fraction of sp³-hybridized carbons (Fsp3) is 0.500. The molecule has 0 bridgehead atoms. The molecule has 114 valence electrons. The van der Waals surface area contributed by atoms with Gasteiger partial charge in [0.1, 0.15) is 6.54 Å². The number of hydrogen-bond acceptors (Lipinski definition) is 4. The van der Waals surface area contributed by atoms with E-state index >= 15 is 0 Å². The standard InChI is InChI=1S/C14H19N3O3S/c1-9(2)5-16(7-13(19)20)12(18)4-11-8-21-14-15-10(3)6-17(11)14/h6,8-9H,4-5,7H2,1-3H3,(H,19,20). The number of fused-ring (bicyclic) bond motifs is 1. The third-order valence-corrected chi connectivity index (χ3v) is 3.89. The zero-order valence-electron chi connectivity index (χ0n) is 12.4. The number of carboxylic acids is 1. The van der Waals surface area contributed by atoms with Crippen molar-refractivity contribution in [2.24, 2.45) is 5.92 Å². The first-order valence-electron chi connectivity index (χ1n) is 6.78. The Kier molecular flexibility index (Phi) is 4.62. The quantitative estimate of drug-likeness (QED) is 0.883. The van der Waals surface area contributed by atoms with Crippen LogP contribution in [-0.2, 0) is 16.0 Å². The lowest BCUT2D eigenvalue weighted by Crippen LogP contribution is -2.39. The van der Waals surface area contributed by atoms with E-state index in [0.29, 0.717) is 6.54 Å². The molecule has 2 aromatic heterocycles. The zero-order chi connectivity index (χ0) is 15.6. The lowest BCUT2D eigenvalue weighted by molar-refractivity contribution is -0.144. The third-order valence-electron chi connectivity index (χ3n) is 3.00.